The molecule has 1 N–H and O–H groups in total. The van der Waals surface area contributed by atoms with Crippen LogP contribution in [0, 0.1) is 0 Å². The number of carbonyl (C=O) groups is 1. The molecule has 3 rings (SSSR count). The summed E-state index contributed by atoms with van der Waals surface area (Å²) >= 11 is 0. The van der Waals surface area contributed by atoms with Gasteiger partial charge >= 0.3 is 0 Å². The van der Waals surface area contributed by atoms with Gasteiger partial charge in [0.2, 0.25) is 5.91 Å². The van der Waals surface area contributed by atoms with E-state index in [1.54, 1.807) is 18.6 Å². The Morgan fingerprint density at radius 2 is 1.56 bits per heavy atom. The highest BCUT2D eigenvalue weighted by Crippen LogP contribution is 2.25. The van der Waals surface area contributed by atoms with E-state index in [2.05, 4.69) is 15.3 Å². The molecule has 0 radical (unpaired) electrons. The molecule has 1 atom stereocenters. The summed E-state index contributed by atoms with van der Waals surface area (Å²) in [6.45, 7) is 1.99. The van der Waals surface area contributed by atoms with Gasteiger partial charge in [0.25, 0.3) is 0 Å². The molecule has 0 aliphatic carbocycles. The second-order valence-electron chi connectivity index (χ2n) is 6.06. The van der Waals surface area contributed by atoms with Crippen LogP contribution in [0.3, 0.4) is 0 Å². The molecule has 0 fully saturated rings. The maximum atomic E-state index is 13.0. The summed E-state index contributed by atoms with van der Waals surface area (Å²) in [5.41, 5.74) is 2.84. The maximum Gasteiger partial charge on any atom is 0.232 e. The highest BCUT2D eigenvalue weighted by Gasteiger charge is 2.23. The Bertz CT molecular complexity index is 752. The van der Waals surface area contributed by atoms with Crippen molar-refractivity contribution < 1.29 is 4.79 Å². The van der Waals surface area contributed by atoms with Crippen LogP contribution >= 0.6 is 0 Å². The molecule has 126 valence electrons. The van der Waals surface area contributed by atoms with Crippen molar-refractivity contribution in [1.29, 1.82) is 0 Å². The number of amides is 1. The molecule has 0 saturated carbocycles. The van der Waals surface area contributed by atoms with Crippen molar-refractivity contribution in [2.75, 3.05) is 0 Å². The van der Waals surface area contributed by atoms with E-state index in [0.717, 1.165) is 16.8 Å². The van der Waals surface area contributed by atoms with Crippen LogP contribution in [0.1, 0.15) is 29.7 Å². The summed E-state index contributed by atoms with van der Waals surface area (Å²) in [5, 5.41) is 3.12. The van der Waals surface area contributed by atoms with Crippen molar-refractivity contribution in [3.05, 3.63) is 96.1 Å². The average molecular weight is 331 g/mol. The second kappa shape index (κ2) is 8.20. The molecule has 0 spiro atoms. The summed E-state index contributed by atoms with van der Waals surface area (Å²) in [4.78, 5) is 21.3. The molecular weight excluding hydrogens is 310 g/mol. The Balaban J connectivity index is 1.78. The Morgan fingerprint density at radius 3 is 2.08 bits per heavy atom. The van der Waals surface area contributed by atoms with Crippen LogP contribution in [0.4, 0.5) is 0 Å². The Morgan fingerprint density at radius 1 is 0.960 bits per heavy atom. The molecule has 1 unspecified atom stereocenters. The quantitative estimate of drug-likeness (QED) is 0.753. The van der Waals surface area contributed by atoms with E-state index in [9.17, 15) is 4.79 Å². The molecule has 0 bridgehead atoms. The SMILES string of the molecule is CC(Cc1cnccn1)NC(=O)C(c1ccccc1)c1ccccc1. The fraction of sp³-hybridized carbons (Fsp3) is 0.190. The predicted molar refractivity (Wildman–Crippen MR) is 98.1 cm³/mol. The summed E-state index contributed by atoms with van der Waals surface area (Å²) in [6, 6.07) is 19.7. The van der Waals surface area contributed by atoms with Gasteiger partial charge < -0.3 is 5.32 Å². The van der Waals surface area contributed by atoms with E-state index >= 15 is 0 Å². The molecule has 2 aromatic carbocycles. The van der Waals surface area contributed by atoms with Crippen molar-refractivity contribution in [3.8, 4) is 0 Å². The molecule has 0 saturated heterocycles. The van der Waals surface area contributed by atoms with E-state index in [0.29, 0.717) is 6.42 Å². The lowest BCUT2D eigenvalue weighted by Crippen LogP contribution is -2.38. The first-order valence-corrected chi connectivity index (χ1v) is 8.39. The lowest BCUT2D eigenvalue weighted by atomic mass is 9.90. The first kappa shape index (κ1) is 16.8. The number of hydrogen-bond acceptors (Lipinski definition) is 3. The van der Waals surface area contributed by atoms with Crippen molar-refractivity contribution in [2.24, 2.45) is 0 Å². The number of rotatable bonds is 6. The third-order valence-electron chi connectivity index (χ3n) is 4.05. The highest BCUT2D eigenvalue weighted by molar-refractivity contribution is 5.87. The zero-order valence-electron chi connectivity index (χ0n) is 14.2. The van der Waals surface area contributed by atoms with Crippen LogP contribution in [0.5, 0.6) is 0 Å². The zero-order chi connectivity index (χ0) is 17.5. The van der Waals surface area contributed by atoms with Crippen LogP contribution in [0.2, 0.25) is 0 Å². The van der Waals surface area contributed by atoms with Gasteiger partial charge in [0.1, 0.15) is 0 Å². The number of benzene rings is 2. The minimum atomic E-state index is -0.327. The third kappa shape index (κ3) is 4.51. The standard InChI is InChI=1S/C21H21N3O/c1-16(14-19-15-22-12-13-23-19)24-21(25)20(17-8-4-2-5-9-17)18-10-6-3-7-11-18/h2-13,15-16,20H,14H2,1H3,(H,24,25). The van der Waals surface area contributed by atoms with Crippen molar-refractivity contribution in [2.45, 2.75) is 25.3 Å². The molecule has 3 aromatic rings. The van der Waals surface area contributed by atoms with Crippen LogP contribution in [0.25, 0.3) is 0 Å². The van der Waals surface area contributed by atoms with Gasteiger partial charge in [-0.2, -0.15) is 0 Å². The van der Waals surface area contributed by atoms with Gasteiger partial charge in [0.05, 0.1) is 11.6 Å². The maximum absolute atomic E-state index is 13.0. The van der Waals surface area contributed by atoms with Gasteiger partial charge in [-0.05, 0) is 18.1 Å². The van der Waals surface area contributed by atoms with E-state index in [4.69, 9.17) is 0 Å². The molecule has 0 aliphatic rings. The number of carbonyl (C=O) groups excluding carboxylic acids is 1. The first-order valence-electron chi connectivity index (χ1n) is 8.39. The Labute approximate surface area is 148 Å². The molecule has 4 nitrogen and oxygen atoms in total. The zero-order valence-corrected chi connectivity index (χ0v) is 14.2. The van der Waals surface area contributed by atoms with Crippen molar-refractivity contribution in [1.82, 2.24) is 15.3 Å². The average Bonchev–Trinajstić information content (AvgIpc) is 2.64. The molecule has 0 aliphatic heterocycles. The highest BCUT2D eigenvalue weighted by atomic mass is 16.1. The lowest BCUT2D eigenvalue weighted by molar-refractivity contribution is -0.122. The van der Waals surface area contributed by atoms with E-state index in [1.165, 1.54) is 0 Å². The second-order valence-corrected chi connectivity index (χ2v) is 6.06. The molecule has 25 heavy (non-hydrogen) atoms. The van der Waals surface area contributed by atoms with Gasteiger partial charge in [-0.1, -0.05) is 60.7 Å². The van der Waals surface area contributed by atoms with Crippen LogP contribution in [-0.4, -0.2) is 21.9 Å². The smallest absolute Gasteiger partial charge is 0.232 e. The normalized spacial score (nSPS) is 11.9. The van der Waals surface area contributed by atoms with E-state index < -0.39 is 0 Å². The molecule has 1 heterocycles. The predicted octanol–water partition coefficient (Wildman–Crippen LogP) is 3.36. The van der Waals surface area contributed by atoms with Crippen LogP contribution in [0.15, 0.2) is 79.3 Å². The summed E-state index contributed by atoms with van der Waals surface area (Å²) in [6.07, 6.45) is 5.69. The van der Waals surface area contributed by atoms with Gasteiger partial charge in [-0.3, -0.25) is 14.8 Å². The van der Waals surface area contributed by atoms with Gasteiger partial charge in [0.15, 0.2) is 0 Å². The summed E-state index contributed by atoms with van der Waals surface area (Å²) < 4.78 is 0. The number of hydrogen-bond donors (Lipinski definition) is 1. The summed E-state index contributed by atoms with van der Waals surface area (Å²) in [7, 11) is 0. The van der Waals surface area contributed by atoms with Gasteiger partial charge in [-0.15, -0.1) is 0 Å². The molecule has 1 aromatic heterocycles. The monoisotopic (exact) mass is 331 g/mol. The molecule has 4 heteroatoms. The minimum absolute atomic E-state index is 0.00575. The number of nitrogens with one attached hydrogen (secondary N) is 1. The number of aromatic nitrogens is 2. The molecular formula is C21H21N3O. The van der Waals surface area contributed by atoms with E-state index in [-0.39, 0.29) is 17.9 Å². The van der Waals surface area contributed by atoms with E-state index in [1.807, 2.05) is 67.6 Å². The van der Waals surface area contributed by atoms with Gasteiger partial charge in [0, 0.05) is 31.1 Å². The topological polar surface area (TPSA) is 54.9 Å². The van der Waals surface area contributed by atoms with Crippen LogP contribution in [-0.2, 0) is 11.2 Å². The Hall–Kier alpha value is -3.01. The fourth-order valence-electron chi connectivity index (χ4n) is 2.91. The molecule has 1 amide bonds. The third-order valence-corrected chi connectivity index (χ3v) is 4.05. The fourth-order valence-corrected chi connectivity index (χ4v) is 2.91. The van der Waals surface area contributed by atoms with Gasteiger partial charge in [-0.25, -0.2) is 0 Å². The Kier molecular flexibility index (Phi) is 5.52. The lowest BCUT2D eigenvalue weighted by Gasteiger charge is -2.21. The first-order chi connectivity index (χ1) is 12.2. The van der Waals surface area contributed by atoms with Crippen molar-refractivity contribution >= 4 is 5.91 Å². The number of nitrogens with zero attached hydrogens (tertiary/aromatic N) is 2. The largest absolute Gasteiger partial charge is 0.352 e. The van der Waals surface area contributed by atoms with Crippen LogP contribution < -0.4 is 5.32 Å². The minimum Gasteiger partial charge on any atom is -0.352 e. The summed E-state index contributed by atoms with van der Waals surface area (Å²) in [5.74, 6) is -0.333. The van der Waals surface area contributed by atoms with Crippen molar-refractivity contribution in [3.63, 3.8) is 0 Å².